The number of likely N-dealkylation sites (N-methyl/N-ethyl adjacent to an activating group) is 1. The highest BCUT2D eigenvalue weighted by molar-refractivity contribution is 5.48. The van der Waals surface area contributed by atoms with Gasteiger partial charge >= 0.3 is 0 Å². The molecule has 3 N–H and O–H groups in total. The highest BCUT2D eigenvalue weighted by Gasteiger charge is 2.11. The summed E-state index contributed by atoms with van der Waals surface area (Å²) >= 11 is 0. The van der Waals surface area contributed by atoms with Gasteiger partial charge in [-0.25, -0.2) is 9.97 Å². The molecule has 0 aliphatic rings. The van der Waals surface area contributed by atoms with E-state index >= 15 is 0 Å². The van der Waals surface area contributed by atoms with E-state index in [0.29, 0.717) is 0 Å². The minimum Gasteiger partial charge on any atom is -0.369 e. The van der Waals surface area contributed by atoms with Gasteiger partial charge in [0.15, 0.2) is 0 Å². The van der Waals surface area contributed by atoms with Gasteiger partial charge in [-0.3, -0.25) is 0 Å². The van der Waals surface area contributed by atoms with Gasteiger partial charge in [0.2, 0.25) is 0 Å². The first-order valence-electron chi connectivity index (χ1n) is 5.93. The number of nitrogens with one attached hydrogen (secondary N) is 3. The zero-order valence-electron chi connectivity index (χ0n) is 11.4. The van der Waals surface area contributed by atoms with Crippen LogP contribution in [0.15, 0.2) is 6.07 Å². The first-order chi connectivity index (χ1) is 7.90. The summed E-state index contributed by atoms with van der Waals surface area (Å²) in [6, 6.07) is 1.94. The summed E-state index contributed by atoms with van der Waals surface area (Å²) < 4.78 is 0. The Labute approximate surface area is 103 Å². The lowest BCUT2D eigenvalue weighted by Crippen LogP contribution is -2.27. The molecule has 5 heteroatoms. The molecule has 0 aliphatic heterocycles. The number of nitrogens with zero attached hydrogens (tertiary/aromatic N) is 2. The third-order valence-corrected chi connectivity index (χ3v) is 2.02. The van der Waals surface area contributed by atoms with E-state index in [2.05, 4.69) is 46.7 Å². The normalized spacial score (nSPS) is 11.4. The van der Waals surface area contributed by atoms with Crippen molar-refractivity contribution < 1.29 is 0 Å². The average Bonchev–Trinajstić information content (AvgIpc) is 2.14. The molecule has 5 nitrogen and oxygen atoms in total. The van der Waals surface area contributed by atoms with Crippen molar-refractivity contribution in [1.29, 1.82) is 0 Å². The average molecular weight is 237 g/mol. The molecule has 0 saturated heterocycles. The van der Waals surface area contributed by atoms with Crippen LogP contribution in [0.4, 0.5) is 11.6 Å². The predicted molar refractivity (Wildman–Crippen MR) is 72.6 cm³/mol. The molecule has 17 heavy (non-hydrogen) atoms. The Hall–Kier alpha value is -1.36. The van der Waals surface area contributed by atoms with Gasteiger partial charge in [0.25, 0.3) is 0 Å². The Bertz CT molecular complexity index is 356. The van der Waals surface area contributed by atoms with Crippen LogP contribution in [0, 0.1) is 6.92 Å². The quantitative estimate of drug-likeness (QED) is 0.679. The molecule has 1 aromatic heterocycles. The van der Waals surface area contributed by atoms with Gasteiger partial charge in [0.05, 0.1) is 0 Å². The summed E-state index contributed by atoms with van der Waals surface area (Å²) in [5.41, 5.74) is 0.00301. The van der Waals surface area contributed by atoms with Crippen LogP contribution in [-0.4, -0.2) is 35.6 Å². The van der Waals surface area contributed by atoms with Gasteiger partial charge in [-0.05, 0) is 34.7 Å². The molecule has 0 bridgehead atoms. The number of hydrogen-bond acceptors (Lipinski definition) is 5. The number of rotatable bonds is 5. The van der Waals surface area contributed by atoms with Crippen LogP contribution in [0.25, 0.3) is 0 Å². The Morgan fingerprint density at radius 3 is 2.35 bits per heavy atom. The molecule has 0 aliphatic carbocycles. The molecule has 0 unspecified atom stereocenters. The molecule has 1 heterocycles. The zero-order valence-corrected chi connectivity index (χ0v) is 11.4. The maximum atomic E-state index is 4.37. The van der Waals surface area contributed by atoms with Crippen molar-refractivity contribution in [2.45, 2.75) is 33.2 Å². The second-order valence-corrected chi connectivity index (χ2v) is 5.09. The van der Waals surface area contributed by atoms with Gasteiger partial charge in [-0.1, -0.05) is 0 Å². The van der Waals surface area contributed by atoms with Gasteiger partial charge in [-0.2, -0.15) is 0 Å². The first-order valence-corrected chi connectivity index (χ1v) is 5.93. The van der Waals surface area contributed by atoms with Crippen LogP contribution in [0.1, 0.15) is 26.6 Å². The molecule has 0 spiro atoms. The van der Waals surface area contributed by atoms with E-state index in [1.54, 1.807) is 0 Å². The number of aryl methyl sites for hydroxylation is 1. The van der Waals surface area contributed by atoms with Crippen LogP contribution in [0.3, 0.4) is 0 Å². The van der Waals surface area contributed by atoms with Crippen LogP contribution in [0.2, 0.25) is 0 Å². The van der Waals surface area contributed by atoms with Crippen LogP contribution < -0.4 is 16.0 Å². The molecule has 0 amide bonds. The van der Waals surface area contributed by atoms with Gasteiger partial charge < -0.3 is 16.0 Å². The van der Waals surface area contributed by atoms with Crippen molar-refractivity contribution >= 4 is 11.6 Å². The maximum absolute atomic E-state index is 4.37. The second-order valence-electron chi connectivity index (χ2n) is 5.09. The summed E-state index contributed by atoms with van der Waals surface area (Å²) in [6.07, 6.45) is 0. The maximum Gasteiger partial charge on any atom is 0.132 e. The number of aromatic nitrogens is 2. The van der Waals surface area contributed by atoms with E-state index < -0.39 is 0 Å². The minimum absolute atomic E-state index is 0.00301. The lowest BCUT2D eigenvalue weighted by molar-refractivity contribution is 0.629. The van der Waals surface area contributed by atoms with Gasteiger partial charge in [-0.15, -0.1) is 0 Å². The van der Waals surface area contributed by atoms with E-state index in [0.717, 1.165) is 30.5 Å². The molecule has 96 valence electrons. The van der Waals surface area contributed by atoms with Crippen molar-refractivity contribution in [1.82, 2.24) is 15.3 Å². The summed E-state index contributed by atoms with van der Waals surface area (Å²) in [5, 5.41) is 9.69. The fraction of sp³-hybridized carbons (Fsp3) is 0.667. The Morgan fingerprint density at radius 1 is 1.12 bits per heavy atom. The molecule has 1 aromatic rings. The fourth-order valence-electron chi connectivity index (χ4n) is 1.42. The molecular formula is C12H23N5. The summed E-state index contributed by atoms with van der Waals surface area (Å²) in [4.78, 5) is 8.72. The number of hydrogen-bond donors (Lipinski definition) is 3. The third kappa shape index (κ3) is 5.49. The molecular weight excluding hydrogens is 214 g/mol. The minimum atomic E-state index is 0.00301. The summed E-state index contributed by atoms with van der Waals surface area (Å²) in [5.74, 6) is 2.49. The second kappa shape index (κ2) is 5.82. The van der Waals surface area contributed by atoms with Crippen molar-refractivity contribution in [3.8, 4) is 0 Å². The highest BCUT2D eigenvalue weighted by atomic mass is 15.1. The lowest BCUT2D eigenvalue weighted by atomic mass is 10.1. The Kier molecular flexibility index (Phi) is 4.69. The zero-order chi connectivity index (χ0) is 12.9. The topological polar surface area (TPSA) is 61.9 Å². The van der Waals surface area contributed by atoms with Crippen LogP contribution in [-0.2, 0) is 0 Å². The molecule has 0 aromatic carbocycles. The van der Waals surface area contributed by atoms with Crippen LogP contribution in [0.5, 0.6) is 0 Å². The SMILES string of the molecule is CNCCNc1cc(NC(C)(C)C)nc(C)n1. The van der Waals surface area contributed by atoms with Gasteiger partial charge in [0.1, 0.15) is 17.5 Å². The van der Waals surface area contributed by atoms with Crippen molar-refractivity contribution in [3.63, 3.8) is 0 Å². The molecule has 0 radical (unpaired) electrons. The lowest BCUT2D eigenvalue weighted by Gasteiger charge is -2.21. The van der Waals surface area contributed by atoms with Crippen molar-refractivity contribution in [3.05, 3.63) is 11.9 Å². The molecule has 0 fully saturated rings. The Morgan fingerprint density at radius 2 is 1.76 bits per heavy atom. The summed E-state index contributed by atoms with van der Waals surface area (Å²) in [7, 11) is 1.93. The predicted octanol–water partition coefficient (Wildman–Crippen LogP) is 1.63. The van der Waals surface area contributed by atoms with Crippen LogP contribution >= 0.6 is 0 Å². The Balaban J connectivity index is 2.72. The summed E-state index contributed by atoms with van der Waals surface area (Å²) in [6.45, 7) is 9.99. The largest absolute Gasteiger partial charge is 0.369 e. The molecule has 0 atom stereocenters. The van der Waals surface area contributed by atoms with E-state index in [4.69, 9.17) is 0 Å². The molecule has 1 rings (SSSR count). The van der Waals surface area contributed by atoms with Crippen molar-refractivity contribution in [2.75, 3.05) is 30.8 Å². The smallest absolute Gasteiger partial charge is 0.132 e. The third-order valence-electron chi connectivity index (χ3n) is 2.02. The van der Waals surface area contributed by atoms with E-state index in [1.165, 1.54) is 0 Å². The van der Waals surface area contributed by atoms with Crippen molar-refractivity contribution in [2.24, 2.45) is 0 Å². The standard InChI is InChI=1S/C12H23N5/c1-9-15-10(14-7-6-13-5)8-11(16-9)17-12(2,3)4/h8,13H,6-7H2,1-5H3,(H2,14,15,16,17). The molecule has 0 saturated carbocycles. The van der Waals surface area contributed by atoms with E-state index in [1.807, 2.05) is 20.0 Å². The van der Waals surface area contributed by atoms with E-state index in [-0.39, 0.29) is 5.54 Å². The van der Waals surface area contributed by atoms with E-state index in [9.17, 15) is 0 Å². The first kappa shape index (κ1) is 13.7. The highest BCUT2D eigenvalue weighted by Crippen LogP contribution is 2.15. The monoisotopic (exact) mass is 237 g/mol. The number of anilines is 2. The van der Waals surface area contributed by atoms with Gasteiger partial charge in [0, 0.05) is 24.7 Å². The fourth-order valence-corrected chi connectivity index (χ4v) is 1.42.